The molecule has 1 saturated heterocycles. The van der Waals surface area contributed by atoms with Crippen molar-refractivity contribution in [2.45, 2.75) is 51.4 Å². The molecule has 0 bridgehead atoms. The molecule has 3 aromatic heterocycles. The number of anilines is 1. The Morgan fingerprint density at radius 3 is 2.79 bits per heavy atom. The van der Waals surface area contributed by atoms with Crippen molar-refractivity contribution in [1.82, 2.24) is 19.6 Å². The Balaban J connectivity index is 1.57. The lowest BCUT2D eigenvalue weighted by Crippen LogP contribution is -2.38. The normalized spacial score (nSPS) is 22.1. The van der Waals surface area contributed by atoms with Gasteiger partial charge in [-0.15, -0.1) is 5.10 Å². The highest BCUT2D eigenvalue weighted by Crippen LogP contribution is 2.39. The van der Waals surface area contributed by atoms with Crippen LogP contribution in [0.2, 0.25) is 0 Å². The first kappa shape index (κ1) is 15.5. The van der Waals surface area contributed by atoms with E-state index in [9.17, 15) is 0 Å². The molecule has 0 aliphatic carbocycles. The minimum absolute atomic E-state index is 0.119. The second-order valence-corrected chi connectivity index (χ2v) is 8.32. The summed E-state index contributed by atoms with van der Waals surface area (Å²) in [6.07, 6.45) is 6.46. The van der Waals surface area contributed by atoms with Crippen LogP contribution in [0.1, 0.15) is 34.1 Å². The van der Waals surface area contributed by atoms with Gasteiger partial charge in [-0.1, -0.05) is 11.3 Å². The van der Waals surface area contributed by atoms with E-state index in [0.29, 0.717) is 0 Å². The number of hydrogen-bond acceptors (Lipinski definition) is 6. The van der Waals surface area contributed by atoms with Gasteiger partial charge in [0.25, 0.3) is 0 Å². The number of fused-ring (bicyclic) bond motifs is 1. The van der Waals surface area contributed by atoms with Crippen LogP contribution in [0, 0.1) is 0 Å². The molecule has 4 rings (SSSR count). The molecule has 6 nitrogen and oxygen atoms in total. The maximum Gasteiger partial charge on any atom is 0.214 e. The van der Waals surface area contributed by atoms with Crippen molar-refractivity contribution in [2.75, 3.05) is 5.32 Å². The van der Waals surface area contributed by atoms with Crippen molar-refractivity contribution in [3.05, 3.63) is 30.7 Å². The van der Waals surface area contributed by atoms with Crippen LogP contribution in [0.5, 0.6) is 0 Å². The first-order chi connectivity index (χ1) is 11.3. The van der Waals surface area contributed by atoms with Gasteiger partial charge in [0, 0.05) is 18.0 Å². The third-order valence-corrected chi connectivity index (χ3v) is 5.23. The number of nitrogens with one attached hydrogen (secondary N) is 1. The van der Waals surface area contributed by atoms with Crippen molar-refractivity contribution < 1.29 is 4.74 Å². The van der Waals surface area contributed by atoms with Gasteiger partial charge in [0.2, 0.25) is 10.1 Å². The van der Waals surface area contributed by atoms with E-state index >= 15 is 0 Å². The SMILES string of the molecule is CC1(C)CC(Nc2nn3cc(-c4cccnc4)nc3s2)C(C)(C)O1. The predicted octanol–water partition coefficient (Wildman–Crippen LogP) is 3.61. The summed E-state index contributed by atoms with van der Waals surface area (Å²) in [4.78, 5) is 9.66. The summed E-state index contributed by atoms with van der Waals surface area (Å²) in [5, 5.41) is 9.02. The van der Waals surface area contributed by atoms with Gasteiger partial charge in [-0.25, -0.2) is 9.50 Å². The molecule has 1 unspecified atom stereocenters. The quantitative estimate of drug-likeness (QED) is 0.787. The average molecular weight is 343 g/mol. The van der Waals surface area contributed by atoms with Crippen LogP contribution in [-0.4, -0.2) is 36.8 Å². The monoisotopic (exact) mass is 343 g/mol. The van der Waals surface area contributed by atoms with Gasteiger partial charge in [-0.05, 0) is 46.2 Å². The second-order valence-electron chi connectivity index (χ2n) is 7.37. The topological polar surface area (TPSA) is 64.3 Å². The van der Waals surface area contributed by atoms with E-state index in [1.807, 2.05) is 29.0 Å². The molecule has 126 valence electrons. The van der Waals surface area contributed by atoms with Crippen molar-refractivity contribution in [3.8, 4) is 11.3 Å². The molecule has 4 heterocycles. The molecule has 24 heavy (non-hydrogen) atoms. The second kappa shape index (κ2) is 5.26. The molecule has 0 saturated carbocycles. The van der Waals surface area contributed by atoms with E-state index in [0.717, 1.165) is 27.8 Å². The molecule has 0 aromatic carbocycles. The fraction of sp³-hybridized carbons (Fsp3) is 0.471. The molecule has 1 aliphatic heterocycles. The summed E-state index contributed by atoms with van der Waals surface area (Å²) < 4.78 is 7.96. The fourth-order valence-electron chi connectivity index (χ4n) is 3.35. The summed E-state index contributed by atoms with van der Waals surface area (Å²) in [7, 11) is 0. The maximum absolute atomic E-state index is 6.14. The van der Waals surface area contributed by atoms with Gasteiger partial charge < -0.3 is 10.1 Å². The molecule has 1 fully saturated rings. The molecule has 7 heteroatoms. The van der Waals surface area contributed by atoms with Crippen LogP contribution in [-0.2, 0) is 4.74 Å². The zero-order valence-corrected chi connectivity index (χ0v) is 15.1. The summed E-state index contributed by atoms with van der Waals surface area (Å²) in [6.45, 7) is 8.51. The number of nitrogens with zero attached hydrogens (tertiary/aromatic N) is 4. The zero-order chi connectivity index (χ0) is 16.9. The highest BCUT2D eigenvalue weighted by Gasteiger charge is 2.46. The summed E-state index contributed by atoms with van der Waals surface area (Å²) >= 11 is 1.55. The Morgan fingerprint density at radius 1 is 1.33 bits per heavy atom. The van der Waals surface area contributed by atoms with Gasteiger partial charge in [0.1, 0.15) is 0 Å². The summed E-state index contributed by atoms with van der Waals surface area (Å²) in [5.41, 5.74) is 1.54. The Hall–Kier alpha value is -1.99. The largest absolute Gasteiger partial charge is 0.367 e. The lowest BCUT2D eigenvalue weighted by molar-refractivity contribution is -0.0662. The summed E-state index contributed by atoms with van der Waals surface area (Å²) in [6, 6.07) is 4.13. The number of rotatable bonds is 3. The van der Waals surface area contributed by atoms with Gasteiger partial charge in [0.15, 0.2) is 0 Å². The lowest BCUT2D eigenvalue weighted by Gasteiger charge is -2.27. The van der Waals surface area contributed by atoms with Crippen LogP contribution in [0.3, 0.4) is 0 Å². The number of imidazole rings is 1. The third kappa shape index (κ3) is 2.78. The minimum Gasteiger partial charge on any atom is -0.367 e. The first-order valence-electron chi connectivity index (χ1n) is 8.06. The Labute approximate surface area is 144 Å². The molecule has 1 N–H and O–H groups in total. The molecule has 0 spiro atoms. The van der Waals surface area contributed by atoms with E-state index in [4.69, 9.17) is 4.74 Å². The molecule has 3 aromatic rings. The molecule has 1 atom stereocenters. The van der Waals surface area contributed by atoms with Crippen LogP contribution in [0.4, 0.5) is 5.13 Å². The molecule has 1 aliphatic rings. The van der Waals surface area contributed by atoms with Crippen molar-refractivity contribution >= 4 is 21.4 Å². The maximum atomic E-state index is 6.14. The first-order valence-corrected chi connectivity index (χ1v) is 8.87. The fourth-order valence-corrected chi connectivity index (χ4v) is 4.18. The number of hydrogen-bond donors (Lipinski definition) is 1. The average Bonchev–Trinajstić information content (AvgIpc) is 3.09. The van der Waals surface area contributed by atoms with Gasteiger partial charge in [-0.2, -0.15) is 0 Å². The minimum atomic E-state index is -0.224. The summed E-state index contributed by atoms with van der Waals surface area (Å²) in [5.74, 6) is 0. The molecule has 0 amide bonds. The zero-order valence-electron chi connectivity index (χ0n) is 14.3. The van der Waals surface area contributed by atoms with Gasteiger partial charge in [0.05, 0.1) is 29.1 Å². The Kier molecular flexibility index (Phi) is 3.40. The van der Waals surface area contributed by atoms with Crippen LogP contribution in [0.25, 0.3) is 16.2 Å². The number of ether oxygens (including phenoxy) is 1. The number of pyridine rings is 1. The van der Waals surface area contributed by atoms with E-state index in [2.05, 4.69) is 48.1 Å². The van der Waals surface area contributed by atoms with Crippen LogP contribution >= 0.6 is 11.3 Å². The van der Waals surface area contributed by atoms with Crippen molar-refractivity contribution in [1.29, 1.82) is 0 Å². The van der Waals surface area contributed by atoms with Crippen LogP contribution in [0.15, 0.2) is 30.7 Å². The predicted molar refractivity (Wildman–Crippen MR) is 95.4 cm³/mol. The molecule has 0 radical (unpaired) electrons. The standard InChI is InChI=1S/C17H21N5OS/c1-16(2)8-13(17(3,4)23-16)20-14-21-22-10-12(19-15(22)24-14)11-6-5-7-18-9-11/h5-7,9-10,13H,8H2,1-4H3,(H,20,21). The molecular formula is C17H21N5OS. The van der Waals surface area contributed by atoms with Gasteiger partial charge >= 0.3 is 0 Å². The van der Waals surface area contributed by atoms with Crippen molar-refractivity contribution in [3.63, 3.8) is 0 Å². The lowest BCUT2D eigenvalue weighted by atomic mass is 9.95. The number of aromatic nitrogens is 4. The van der Waals surface area contributed by atoms with E-state index in [-0.39, 0.29) is 17.2 Å². The Morgan fingerprint density at radius 2 is 2.17 bits per heavy atom. The Bertz CT molecular complexity index is 836. The van der Waals surface area contributed by atoms with Crippen molar-refractivity contribution in [2.24, 2.45) is 0 Å². The van der Waals surface area contributed by atoms with E-state index in [1.54, 1.807) is 17.5 Å². The van der Waals surface area contributed by atoms with E-state index in [1.165, 1.54) is 0 Å². The van der Waals surface area contributed by atoms with Gasteiger partial charge in [-0.3, -0.25) is 4.98 Å². The highest BCUT2D eigenvalue weighted by molar-refractivity contribution is 7.20. The highest BCUT2D eigenvalue weighted by atomic mass is 32.1. The van der Waals surface area contributed by atoms with E-state index < -0.39 is 0 Å². The smallest absolute Gasteiger partial charge is 0.214 e. The molecular weight excluding hydrogens is 322 g/mol. The van der Waals surface area contributed by atoms with Crippen LogP contribution < -0.4 is 5.32 Å². The third-order valence-electron chi connectivity index (χ3n) is 4.37.